The number of rotatable bonds is 6. The summed E-state index contributed by atoms with van der Waals surface area (Å²) in [5.74, 6) is -1.71. The summed E-state index contributed by atoms with van der Waals surface area (Å²) in [6, 6.07) is 1.30. The van der Waals surface area contributed by atoms with Crippen LogP contribution in [0, 0.1) is 5.41 Å². The maximum atomic E-state index is 12.2. The zero-order valence-corrected chi connectivity index (χ0v) is 13.0. The Labute approximate surface area is 127 Å². The fourth-order valence-corrected chi connectivity index (χ4v) is 2.75. The van der Waals surface area contributed by atoms with E-state index in [4.69, 9.17) is 14.0 Å². The molecule has 0 spiro atoms. The van der Waals surface area contributed by atoms with Crippen LogP contribution in [0.2, 0.25) is 0 Å². The number of nitrogens with one attached hydrogen (secondary N) is 1. The number of carboxylic acids is 1. The number of carbonyl (C=O) groups excluding carboxylic acids is 1. The summed E-state index contributed by atoms with van der Waals surface area (Å²) < 4.78 is 15.2. The number of amides is 1. The molecule has 0 aromatic carbocycles. The summed E-state index contributed by atoms with van der Waals surface area (Å²) >= 11 is 0. The maximum absolute atomic E-state index is 12.2. The van der Waals surface area contributed by atoms with Crippen molar-refractivity contribution >= 4 is 11.9 Å². The molecule has 2 N–H and O–H groups in total. The first-order chi connectivity index (χ1) is 10.3. The Hall–Kier alpha value is -2.09. The van der Waals surface area contributed by atoms with Crippen molar-refractivity contribution in [3.63, 3.8) is 0 Å². The van der Waals surface area contributed by atoms with Crippen LogP contribution in [-0.2, 0) is 9.53 Å². The molecular formula is C14H20N2O6. The summed E-state index contributed by atoms with van der Waals surface area (Å²) in [5.41, 5.74) is -2.17. The van der Waals surface area contributed by atoms with Gasteiger partial charge in [0.2, 0.25) is 5.76 Å². The lowest BCUT2D eigenvalue weighted by Gasteiger charge is -2.58. The van der Waals surface area contributed by atoms with Crippen molar-refractivity contribution in [3.05, 3.63) is 11.8 Å². The summed E-state index contributed by atoms with van der Waals surface area (Å²) in [6.45, 7) is 5.84. The van der Waals surface area contributed by atoms with Crippen molar-refractivity contribution < 1.29 is 28.7 Å². The quantitative estimate of drug-likeness (QED) is 0.808. The third-order valence-electron chi connectivity index (χ3n) is 4.38. The van der Waals surface area contributed by atoms with Crippen molar-refractivity contribution in [2.24, 2.45) is 5.41 Å². The van der Waals surface area contributed by atoms with E-state index in [-0.39, 0.29) is 24.2 Å². The molecule has 0 radical (unpaired) electrons. The first kappa shape index (κ1) is 16.3. The Morgan fingerprint density at radius 2 is 2.23 bits per heavy atom. The van der Waals surface area contributed by atoms with Gasteiger partial charge < -0.3 is 24.4 Å². The van der Waals surface area contributed by atoms with Crippen LogP contribution in [0.15, 0.2) is 10.6 Å². The van der Waals surface area contributed by atoms with Crippen LogP contribution in [0.1, 0.15) is 37.7 Å². The van der Waals surface area contributed by atoms with Crippen LogP contribution >= 0.6 is 0 Å². The number of ether oxygens (including phenoxy) is 2. The first-order valence-corrected chi connectivity index (χ1v) is 6.96. The second kappa shape index (κ2) is 5.60. The number of carboxylic acid groups (broad SMARTS) is 1. The van der Waals surface area contributed by atoms with E-state index in [0.29, 0.717) is 6.61 Å². The van der Waals surface area contributed by atoms with Crippen molar-refractivity contribution in [1.29, 1.82) is 0 Å². The van der Waals surface area contributed by atoms with E-state index < -0.39 is 22.8 Å². The fraction of sp³-hybridized carbons (Fsp3) is 0.643. The lowest BCUT2D eigenvalue weighted by Crippen LogP contribution is -2.76. The smallest absolute Gasteiger partial charge is 0.330 e. The van der Waals surface area contributed by atoms with E-state index >= 15 is 0 Å². The van der Waals surface area contributed by atoms with Crippen LogP contribution in [0.25, 0.3) is 0 Å². The van der Waals surface area contributed by atoms with Crippen molar-refractivity contribution in [1.82, 2.24) is 10.5 Å². The average molecular weight is 312 g/mol. The Morgan fingerprint density at radius 3 is 2.68 bits per heavy atom. The van der Waals surface area contributed by atoms with Gasteiger partial charge in [-0.05, 0) is 12.1 Å². The molecule has 1 heterocycles. The van der Waals surface area contributed by atoms with E-state index in [1.54, 1.807) is 13.8 Å². The first-order valence-electron chi connectivity index (χ1n) is 6.96. The van der Waals surface area contributed by atoms with Gasteiger partial charge in [0.25, 0.3) is 11.8 Å². The maximum Gasteiger partial charge on any atom is 0.330 e. The molecule has 2 atom stereocenters. The number of carbonyl (C=O) groups is 2. The molecule has 8 nitrogen and oxygen atoms in total. The molecular weight excluding hydrogens is 292 g/mol. The molecule has 1 aliphatic carbocycles. The van der Waals surface area contributed by atoms with Gasteiger partial charge in [-0.3, -0.25) is 4.79 Å². The lowest BCUT2D eigenvalue weighted by atomic mass is 9.54. The second-order valence-electron chi connectivity index (χ2n) is 5.77. The number of nitrogens with zero attached hydrogens (tertiary/aromatic N) is 1. The van der Waals surface area contributed by atoms with Crippen molar-refractivity contribution in [3.8, 4) is 5.88 Å². The minimum absolute atomic E-state index is 0.104. The highest BCUT2D eigenvalue weighted by atomic mass is 16.5. The zero-order chi connectivity index (χ0) is 16.5. The minimum atomic E-state index is -1.41. The molecule has 1 aromatic heterocycles. The van der Waals surface area contributed by atoms with Crippen LogP contribution in [0.5, 0.6) is 5.88 Å². The molecule has 1 saturated carbocycles. The molecule has 8 heteroatoms. The number of aromatic nitrogens is 1. The standard InChI is InChI=1S/C14H20N2O6/c1-5-21-9-7-14(12(18)19,13(9,2)3)15-11(17)8-6-10(20-4)16-22-8/h6,9H,5,7H2,1-4H3,(H,15,17)(H,18,19). The van der Waals surface area contributed by atoms with Gasteiger partial charge in [-0.15, -0.1) is 0 Å². The number of hydrogen-bond donors (Lipinski definition) is 2. The van der Waals surface area contributed by atoms with E-state index in [9.17, 15) is 14.7 Å². The third-order valence-corrected chi connectivity index (χ3v) is 4.38. The van der Waals surface area contributed by atoms with Gasteiger partial charge in [0.05, 0.1) is 19.3 Å². The Kier molecular flexibility index (Phi) is 4.15. The number of aliphatic carboxylic acids is 1. The molecule has 0 saturated heterocycles. The molecule has 22 heavy (non-hydrogen) atoms. The molecule has 1 amide bonds. The predicted octanol–water partition coefficient (Wildman–Crippen LogP) is 1.07. The van der Waals surface area contributed by atoms with E-state index in [0.717, 1.165) is 0 Å². The molecule has 0 bridgehead atoms. The molecule has 1 fully saturated rings. The topological polar surface area (TPSA) is 111 Å². The largest absolute Gasteiger partial charge is 0.479 e. The summed E-state index contributed by atoms with van der Waals surface area (Å²) in [7, 11) is 1.39. The minimum Gasteiger partial charge on any atom is -0.479 e. The monoisotopic (exact) mass is 312 g/mol. The van der Waals surface area contributed by atoms with E-state index in [1.807, 2.05) is 6.92 Å². The highest BCUT2D eigenvalue weighted by Crippen LogP contribution is 2.51. The van der Waals surface area contributed by atoms with Crippen molar-refractivity contribution in [2.75, 3.05) is 13.7 Å². The SMILES string of the molecule is CCOC1CC(NC(=O)c2cc(OC)no2)(C(=O)O)C1(C)C. The van der Waals surface area contributed by atoms with Crippen LogP contribution < -0.4 is 10.1 Å². The van der Waals surface area contributed by atoms with E-state index in [1.165, 1.54) is 13.2 Å². The lowest BCUT2D eigenvalue weighted by molar-refractivity contribution is -0.190. The fourth-order valence-electron chi connectivity index (χ4n) is 2.75. The van der Waals surface area contributed by atoms with Gasteiger partial charge in [0.15, 0.2) is 0 Å². The molecule has 2 rings (SSSR count). The number of methoxy groups -OCH3 is 1. The van der Waals surface area contributed by atoms with Crippen LogP contribution in [0.3, 0.4) is 0 Å². The van der Waals surface area contributed by atoms with Crippen LogP contribution in [-0.4, -0.2) is 47.5 Å². The molecule has 1 aromatic rings. The van der Waals surface area contributed by atoms with Gasteiger partial charge in [-0.25, -0.2) is 4.79 Å². The highest BCUT2D eigenvalue weighted by Gasteiger charge is 2.66. The van der Waals surface area contributed by atoms with E-state index in [2.05, 4.69) is 10.5 Å². The molecule has 122 valence electrons. The van der Waals surface area contributed by atoms with Crippen molar-refractivity contribution in [2.45, 2.75) is 38.8 Å². The summed E-state index contributed by atoms with van der Waals surface area (Å²) in [6.07, 6.45) is -0.0432. The normalized spacial score (nSPS) is 26.1. The average Bonchev–Trinajstić information content (AvgIpc) is 2.94. The Balaban J connectivity index is 2.20. The molecule has 0 aliphatic heterocycles. The van der Waals surface area contributed by atoms with Gasteiger partial charge in [0, 0.05) is 18.4 Å². The Bertz CT molecular complexity index is 582. The van der Waals surface area contributed by atoms with Gasteiger partial charge in [0.1, 0.15) is 5.54 Å². The summed E-state index contributed by atoms with van der Waals surface area (Å²) in [4.78, 5) is 24.0. The summed E-state index contributed by atoms with van der Waals surface area (Å²) in [5, 5.41) is 15.7. The third kappa shape index (κ3) is 2.33. The molecule has 2 unspecified atom stereocenters. The predicted molar refractivity (Wildman–Crippen MR) is 74.7 cm³/mol. The Morgan fingerprint density at radius 1 is 1.55 bits per heavy atom. The molecule has 1 aliphatic rings. The van der Waals surface area contributed by atoms with Gasteiger partial charge >= 0.3 is 5.97 Å². The number of hydrogen-bond acceptors (Lipinski definition) is 6. The van der Waals surface area contributed by atoms with Crippen LogP contribution in [0.4, 0.5) is 0 Å². The zero-order valence-electron chi connectivity index (χ0n) is 13.0. The second-order valence-corrected chi connectivity index (χ2v) is 5.77. The van der Waals surface area contributed by atoms with Gasteiger partial charge in [-0.2, -0.15) is 0 Å². The van der Waals surface area contributed by atoms with Gasteiger partial charge in [-0.1, -0.05) is 13.8 Å². The highest BCUT2D eigenvalue weighted by molar-refractivity contribution is 5.97.